The molecule has 1 N–H and O–H groups in total. The molecule has 236 valence electrons. The molecule has 3 heterocycles. The third-order valence-corrected chi connectivity index (χ3v) is 9.67. The topological polar surface area (TPSA) is 54.8 Å². The zero-order valence-corrected chi connectivity index (χ0v) is 27.0. The van der Waals surface area contributed by atoms with Gasteiger partial charge in [-0.1, -0.05) is 140 Å². The van der Waals surface area contributed by atoms with E-state index in [2.05, 4.69) is 143 Å². The van der Waals surface area contributed by atoms with Crippen LogP contribution in [0.2, 0.25) is 0 Å². The molecule has 1 aliphatic heterocycles. The van der Waals surface area contributed by atoms with Crippen molar-refractivity contribution in [3.8, 4) is 16.8 Å². The van der Waals surface area contributed by atoms with Crippen molar-refractivity contribution in [3.63, 3.8) is 0 Å². The molecule has 2 aromatic heterocycles. The quantitative estimate of drug-likeness (QED) is 0.203. The Morgan fingerprint density at radius 3 is 2.02 bits per heavy atom. The average Bonchev–Trinajstić information content (AvgIpc) is 3.75. The Morgan fingerprint density at radius 2 is 1.18 bits per heavy atom. The third kappa shape index (κ3) is 4.63. The summed E-state index contributed by atoms with van der Waals surface area (Å²) in [6, 6.07) is 59.1. The lowest BCUT2D eigenvalue weighted by Crippen LogP contribution is -2.33. The molecule has 0 saturated heterocycles. The lowest BCUT2D eigenvalue weighted by Gasteiger charge is -2.24. The fourth-order valence-electron chi connectivity index (χ4n) is 7.26. The number of hydrogen-bond acceptors (Lipinski definition) is 4. The minimum absolute atomic E-state index is 0.292. The van der Waals surface area contributed by atoms with Crippen LogP contribution in [-0.2, 0) is 0 Å². The number of para-hydroxylation sites is 2. The Kier molecular flexibility index (Phi) is 6.49. The first-order chi connectivity index (χ1) is 24.8. The number of nitrogens with one attached hydrogen (secondary N) is 1. The van der Waals surface area contributed by atoms with Gasteiger partial charge in [-0.15, -0.1) is 0 Å². The predicted molar refractivity (Wildman–Crippen MR) is 205 cm³/mol. The van der Waals surface area contributed by atoms with Crippen LogP contribution in [0.25, 0.3) is 60.6 Å². The SMILES string of the molecule is c1ccc(-c2ccc(C3=NC(c4ccccc4)NC(c4cccc(-n5c6ccccc6c6ccc7c8ccccc8oc7c65)c4)=N3)cc2)cc1. The molecule has 0 aliphatic carbocycles. The summed E-state index contributed by atoms with van der Waals surface area (Å²) in [7, 11) is 0. The molecule has 9 aromatic rings. The molecule has 1 unspecified atom stereocenters. The molecule has 1 atom stereocenters. The number of fused-ring (bicyclic) bond motifs is 7. The third-order valence-electron chi connectivity index (χ3n) is 9.67. The van der Waals surface area contributed by atoms with Crippen molar-refractivity contribution in [1.82, 2.24) is 9.88 Å². The summed E-state index contributed by atoms with van der Waals surface area (Å²) in [6.45, 7) is 0. The summed E-state index contributed by atoms with van der Waals surface area (Å²) < 4.78 is 8.92. The highest BCUT2D eigenvalue weighted by atomic mass is 16.3. The molecule has 50 heavy (non-hydrogen) atoms. The van der Waals surface area contributed by atoms with E-state index in [4.69, 9.17) is 14.4 Å². The molecular weight excluding hydrogens is 613 g/mol. The van der Waals surface area contributed by atoms with E-state index in [1.165, 1.54) is 10.9 Å². The van der Waals surface area contributed by atoms with Crippen LogP contribution < -0.4 is 5.32 Å². The van der Waals surface area contributed by atoms with Crippen molar-refractivity contribution in [2.45, 2.75) is 6.17 Å². The second-order valence-corrected chi connectivity index (χ2v) is 12.7. The van der Waals surface area contributed by atoms with Crippen LogP contribution in [0.5, 0.6) is 0 Å². The zero-order chi connectivity index (χ0) is 33.0. The van der Waals surface area contributed by atoms with Crippen molar-refractivity contribution in [2.24, 2.45) is 9.98 Å². The predicted octanol–water partition coefficient (Wildman–Crippen LogP) is 10.8. The van der Waals surface area contributed by atoms with Crippen LogP contribution in [0.1, 0.15) is 22.9 Å². The lowest BCUT2D eigenvalue weighted by molar-refractivity contribution is 0.671. The molecular formula is C45H30N4O. The van der Waals surface area contributed by atoms with Crippen LogP contribution >= 0.6 is 0 Å². The molecule has 0 radical (unpaired) electrons. The molecule has 1 aliphatic rings. The summed E-state index contributed by atoms with van der Waals surface area (Å²) in [5, 5.41) is 8.21. The van der Waals surface area contributed by atoms with Gasteiger partial charge in [0.15, 0.2) is 11.4 Å². The molecule has 0 fully saturated rings. The van der Waals surface area contributed by atoms with Crippen molar-refractivity contribution in [2.75, 3.05) is 0 Å². The van der Waals surface area contributed by atoms with Crippen LogP contribution in [0.3, 0.4) is 0 Å². The first-order valence-electron chi connectivity index (χ1n) is 16.9. The molecule has 0 saturated carbocycles. The zero-order valence-electron chi connectivity index (χ0n) is 27.0. The van der Waals surface area contributed by atoms with Gasteiger partial charge in [0.25, 0.3) is 0 Å². The minimum atomic E-state index is -0.292. The van der Waals surface area contributed by atoms with E-state index in [9.17, 15) is 0 Å². The van der Waals surface area contributed by atoms with E-state index in [1.54, 1.807) is 0 Å². The van der Waals surface area contributed by atoms with Crippen LogP contribution in [-0.4, -0.2) is 16.2 Å². The van der Waals surface area contributed by atoms with E-state index >= 15 is 0 Å². The average molecular weight is 643 g/mol. The van der Waals surface area contributed by atoms with Crippen LogP contribution in [0.4, 0.5) is 0 Å². The fourth-order valence-corrected chi connectivity index (χ4v) is 7.26. The number of furan rings is 1. The number of nitrogens with zero attached hydrogens (tertiary/aromatic N) is 3. The Hall–Kier alpha value is -6.72. The maximum Gasteiger partial charge on any atom is 0.160 e. The van der Waals surface area contributed by atoms with Crippen molar-refractivity contribution >= 4 is 55.4 Å². The lowest BCUT2D eigenvalue weighted by atomic mass is 10.0. The van der Waals surface area contributed by atoms with Crippen LogP contribution in [0.15, 0.2) is 184 Å². The van der Waals surface area contributed by atoms with Gasteiger partial charge in [-0.3, -0.25) is 0 Å². The van der Waals surface area contributed by atoms with E-state index in [0.717, 1.165) is 72.1 Å². The van der Waals surface area contributed by atoms with Gasteiger partial charge in [0, 0.05) is 38.4 Å². The molecule has 0 amide bonds. The summed E-state index contributed by atoms with van der Waals surface area (Å²) >= 11 is 0. The van der Waals surface area contributed by atoms with Crippen LogP contribution in [0, 0.1) is 0 Å². The molecule has 10 rings (SSSR count). The second-order valence-electron chi connectivity index (χ2n) is 12.7. The first kappa shape index (κ1) is 28.3. The monoisotopic (exact) mass is 642 g/mol. The number of rotatable bonds is 5. The normalized spacial score (nSPS) is 14.6. The minimum Gasteiger partial charge on any atom is -0.454 e. The Labute approximate surface area is 288 Å². The molecule has 0 spiro atoms. The number of aromatic nitrogens is 1. The standard InChI is InChI=1S/C45H30N4O/c1-3-12-29(13-4-1)30-22-24-32(25-23-30)44-46-43(31-14-5-2-6-15-31)47-45(48-44)33-16-11-17-34(28-33)49-39-20-9-7-18-35(39)37-26-27-38-36-19-8-10-21-40(36)50-42(38)41(37)49/h1-28,43H,(H,46,47,48). The summed E-state index contributed by atoms with van der Waals surface area (Å²) in [6.07, 6.45) is -0.292. The Morgan fingerprint density at radius 1 is 0.520 bits per heavy atom. The summed E-state index contributed by atoms with van der Waals surface area (Å²) in [5.74, 6) is 1.46. The van der Waals surface area contributed by atoms with E-state index < -0.39 is 0 Å². The Balaban J connectivity index is 1.13. The van der Waals surface area contributed by atoms with Gasteiger partial charge in [-0.25, -0.2) is 9.98 Å². The highest BCUT2D eigenvalue weighted by molar-refractivity contribution is 6.21. The first-order valence-corrected chi connectivity index (χ1v) is 16.9. The summed E-state index contributed by atoms with van der Waals surface area (Å²) in [5.41, 5.74) is 10.3. The van der Waals surface area contributed by atoms with Gasteiger partial charge in [0.1, 0.15) is 17.6 Å². The molecule has 7 aromatic carbocycles. The smallest absolute Gasteiger partial charge is 0.160 e. The van der Waals surface area contributed by atoms with Gasteiger partial charge in [0.2, 0.25) is 0 Å². The van der Waals surface area contributed by atoms with E-state index in [0.29, 0.717) is 5.84 Å². The van der Waals surface area contributed by atoms with Crippen molar-refractivity contribution < 1.29 is 4.42 Å². The van der Waals surface area contributed by atoms with Crippen molar-refractivity contribution in [3.05, 3.63) is 187 Å². The highest BCUT2D eigenvalue weighted by Gasteiger charge is 2.23. The second kappa shape index (κ2) is 11.5. The van der Waals surface area contributed by atoms with E-state index in [-0.39, 0.29) is 6.17 Å². The van der Waals surface area contributed by atoms with Gasteiger partial charge < -0.3 is 14.3 Å². The molecule has 5 heteroatoms. The Bertz CT molecular complexity index is 2770. The van der Waals surface area contributed by atoms with Gasteiger partial charge in [0.05, 0.1) is 11.0 Å². The highest BCUT2D eigenvalue weighted by Crippen LogP contribution is 2.40. The fraction of sp³-hybridized carbons (Fsp3) is 0.0222. The number of hydrogen-bond donors (Lipinski definition) is 1. The molecule has 0 bridgehead atoms. The van der Waals surface area contributed by atoms with Crippen molar-refractivity contribution in [1.29, 1.82) is 0 Å². The van der Waals surface area contributed by atoms with E-state index in [1.807, 2.05) is 36.4 Å². The van der Waals surface area contributed by atoms with Gasteiger partial charge >= 0.3 is 0 Å². The maximum atomic E-state index is 6.59. The largest absolute Gasteiger partial charge is 0.454 e. The van der Waals surface area contributed by atoms with Gasteiger partial charge in [-0.2, -0.15) is 0 Å². The maximum absolute atomic E-state index is 6.59. The number of aliphatic imine (C=N–C) groups is 2. The van der Waals surface area contributed by atoms with Gasteiger partial charge in [-0.05, 0) is 47.0 Å². The number of benzene rings is 7. The number of amidine groups is 2. The molecule has 5 nitrogen and oxygen atoms in total. The summed E-state index contributed by atoms with van der Waals surface area (Å²) in [4.78, 5) is 10.3.